The molecule has 13 heteroatoms. The van der Waals surface area contributed by atoms with Crippen LogP contribution in [0, 0.1) is 23.2 Å². The second-order valence-electron chi connectivity index (χ2n) is 12.8. The number of para-hydroxylation sites is 1. The molecule has 1 aromatic carbocycles. The predicted octanol–water partition coefficient (Wildman–Crippen LogP) is 5.04. The monoisotopic (exact) mass is 611 g/mol. The summed E-state index contributed by atoms with van der Waals surface area (Å²) in [6.07, 6.45) is -4.34. The molecule has 2 bridgehead atoms. The second-order valence-corrected chi connectivity index (χ2v) is 12.8. The molecule has 1 aromatic rings. The lowest BCUT2D eigenvalue weighted by Gasteiger charge is -2.64. The predicted molar refractivity (Wildman–Crippen MR) is 150 cm³/mol. The molecule has 238 valence electrons. The third kappa shape index (κ3) is 7.14. The van der Waals surface area contributed by atoms with Gasteiger partial charge in [-0.05, 0) is 61.5 Å². The minimum Gasteiger partial charge on any atom is -0.496 e. The molecule has 3 aliphatic carbocycles. The van der Waals surface area contributed by atoms with E-state index in [1.165, 1.54) is 13.2 Å². The summed E-state index contributed by atoms with van der Waals surface area (Å²) in [7, 11) is 0.513. The number of amides is 1. The number of nitrogens with one attached hydrogen (secondary N) is 1. The Hall–Kier alpha value is -2.80. The van der Waals surface area contributed by atoms with Gasteiger partial charge in [0.1, 0.15) is 11.3 Å². The minimum atomic E-state index is -4.36. The molecule has 3 saturated carbocycles. The Kier molecular flexibility index (Phi) is 9.75. The normalized spacial score (nSPS) is 26.3. The molecule has 5 unspecified atom stereocenters. The van der Waals surface area contributed by atoms with Crippen LogP contribution in [0.5, 0.6) is 5.75 Å². The van der Waals surface area contributed by atoms with Crippen molar-refractivity contribution in [3.8, 4) is 5.75 Å². The fourth-order valence-electron chi connectivity index (χ4n) is 6.78. The number of rotatable bonds is 12. The zero-order valence-corrected chi connectivity index (χ0v) is 25.5. The van der Waals surface area contributed by atoms with Crippen LogP contribution in [0.4, 0.5) is 13.2 Å². The number of hydrogen-bond donors (Lipinski definition) is 1. The Morgan fingerprint density at radius 2 is 1.86 bits per heavy atom. The van der Waals surface area contributed by atoms with Crippen LogP contribution in [0.2, 0.25) is 0 Å². The molecule has 0 spiro atoms. The molecule has 9 nitrogen and oxygen atoms in total. The summed E-state index contributed by atoms with van der Waals surface area (Å²) in [6, 6.07) is 4.82. The first-order chi connectivity index (χ1) is 20.1. The number of ether oxygens (including phenoxy) is 3. The van der Waals surface area contributed by atoms with E-state index in [0.717, 1.165) is 12.8 Å². The van der Waals surface area contributed by atoms with Gasteiger partial charge in [-0.2, -0.15) is 13.2 Å². The molecule has 5 rings (SSSR count). The highest BCUT2D eigenvalue weighted by molar-refractivity contribution is 6.48. The molecular weight excluding hydrogens is 570 g/mol. The smallest absolute Gasteiger partial charge is 0.482 e. The molecule has 1 N–H and O–H groups in total. The highest BCUT2D eigenvalue weighted by Crippen LogP contribution is 2.65. The summed E-state index contributed by atoms with van der Waals surface area (Å²) in [5, 5.41) is 2.84. The van der Waals surface area contributed by atoms with E-state index in [4.69, 9.17) is 23.5 Å². The van der Waals surface area contributed by atoms with E-state index < -0.39 is 55.9 Å². The number of methoxy groups -OCH3 is 1. The van der Waals surface area contributed by atoms with Crippen LogP contribution in [0.15, 0.2) is 18.2 Å². The molecule has 1 amide bonds. The first-order valence-electron chi connectivity index (χ1n) is 14.8. The van der Waals surface area contributed by atoms with E-state index >= 15 is 0 Å². The van der Waals surface area contributed by atoms with Gasteiger partial charge in [0, 0.05) is 12.8 Å². The molecule has 4 aliphatic rings. The quantitative estimate of drug-likeness (QED) is 0.199. The maximum absolute atomic E-state index is 12.9. The van der Waals surface area contributed by atoms with Gasteiger partial charge >= 0.3 is 25.2 Å². The van der Waals surface area contributed by atoms with Crippen molar-refractivity contribution in [1.82, 2.24) is 5.32 Å². The van der Waals surface area contributed by atoms with E-state index in [1.54, 1.807) is 26.0 Å². The fourth-order valence-corrected chi connectivity index (χ4v) is 6.78. The Labute approximate surface area is 250 Å². The van der Waals surface area contributed by atoms with Gasteiger partial charge in [0.05, 0.1) is 30.7 Å². The van der Waals surface area contributed by atoms with Gasteiger partial charge in [-0.1, -0.05) is 39.8 Å². The van der Waals surface area contributed by atoms with E-state index in [9.17, 15) is 27.6 Å². The molecule has 1 saturated heterocycles. The van der Waals surface area contributed by atoms with Crippen molar-refractivity contribution < 1.29 is 51.1 Å². The first kappa shape index (κ1) is 33.1. The molecule has 1 heterocycles. The SMILES string of the molecule is COc1c(CC(NC(=O)CCCC(F)(F)F)B2OC3CC4CC(C4(C)C)C3(C)O2)cccc1C(=O)OCOC(=O)C(C)C. The number of carbonyl (C=O) groups excluding carboxylic acids is 3. The topological polar surface area (TPSA) is 109 Å². The van der Waals surface area contributed by atoms with Gasteiger partial charge in [0.25, 0.3) is 0 Å². The molecule has 4 fully saturated rings. The summed E-state index contributed by atoms with van der Waals surface area (Å²) < 4.78 is 66.7. The molecule has 0 radical (unpaired) electrons. The lowest BCUT2D eigenvalue weighted by atomic mass is 9.43. The molecule has 1 aliphatic heterocycles. The van der Waals surface area contributed by atoms with Crippen LogP contribution in [0.3, 0.4) is 0 Å². The van der Waals surface area contributed by atoms with Crippen molar-refractivity contribution in [2.75, 3.05) is 13.9 Å². The van der Waals surface area contributed by atoms with Gasteiger partial charge in [-0.15, -0.1) is 0 Å². The van der Waals surface area contributed by atoms with Crippen molar-refractivity contribution >= 4 is 25.0 Å². The van der Waals surface area contributed by atoms with Crippen molar-refractivity contribution in [1.29, 1.82) is 0 Å². The van der Waals surface area contributed by atoms with E-state index in [2.05, 4.69) is 19.2 Å². The Bertz CT molecular complexity index is 1210. The van der Waals surface area contributed by atoms with E-state index in [1.807, 2.05) is 6.92 Å². The van der Waals surface area contributed by atoms with Crippen molar-refractivity contribution in [2.24, 2.45) is 23.2 Å². The summed E-state index contributed by atoms with van der Waals surface area (Å²) in [5.41, 5.74) is 0.105. The Balaban J connectivity index is 1.53. The third-order valence-corrected chi connectivity index (χ3v) is 9.33. The second kappa shape index (κ2) is 12.7. The van der Waals surface area contributed by atoms with Gasteiger partial charge < -0.3 is 28.8 Å². The summed E-state index contributed by atoms with van der Waals surface area (Å²) in [5.74, 6) is -2.10. The zero-order chi connectivity index (χ0) is 31.7. The highest BCUT2D eigenvalue weighted by atomic mass is 19.4. The van der Waals surface area contributed by atoms with Gasteiger partial charge in [-0.3, -0.25) is 9.59 Å². The zero-order valence-electron chi connectivity index (χ0n) is 25.5. The highest BCUT2D eigenvalue weighted by Gasteiger charge is 2.68. The third-order valence-electron chi connectivity index (χ3n) is 9.33. The van der Waals surface area contributed by atoms with Crippen molar-refractivity contribution in [3.05, 3.63) is 29.3 Å². The van der Waals surface area contributed by atoms with Crippen LogP contribution in [0.25, 0.3) is 0 Å². The van der Waals surface area contributed by atoms with Crippen LogP contribution in [-0.4, -0.2) is 62.7 Å². The number of benzene rings is 1. The molecule has 43 heavy (non-hydrogen) atoms. The molecular formula is C30H41BF3NO8. The number of carbonyl (C=O) groups is 3. The Morgan fingerprint density at radius 1 is 1.14 bits per heavy atom. The lowest BCUT2D eigenvalue weighted by molar-refractivity contribution is -0.199. The largest absolute Gasteiger partial charge is 0.496 e. The lowest BCUT2D eigenvalue weighted by Crippen LogP contribution is -2.65. The Morgan fingerprint density at radius 3 is 2.49 bits per heavy atom. The summed E-state index contributed by atoms with van der Waals surface area (Å²) in [6.45, 7) is 9.22. The first-order valence-corrected chi connectivity index (χ1v) is 14.8. The number of esters is 2. The fraction of sp³-hybridized carbons (Fsp3) is 0.700. The number of alkyl halides is 3. The maximum Gasteiger partial charge on any atom is 0.482 e. The number of hydrogen-bond acceptors (Lipinski definition) is 8. The molecule has 0 aromatic heterocycles. The average molecular weight is 611 g/mol. The maximum atomic E-state index is 12.9. The minimum absolute atomic E-state index is 0.0762. The van der Waals surface area contributed by atoms with Gasteiger partial charge in [0.2, 0.25) is 12.7 Å². The van der Waals surface area contributed by atoms with Gasteiger partial charge in [-0.25, -0.2) is 4.79 Å². The number of halogens is 3. The van der Waals surface area contributed by atoms with Gasteiger partial charge in [0.15, 0.2) is 0 Å². The van der Waals surface area contributed by atoms with E-state index in [0.29, 0.717) is 11.5 Å². The summed E-state index contributed by atoms with van der Waals surface area (Å²) >= 11 is 0. The van der Waals surface area contributed by atoms with Crippen LogP contribution >= 0.6 is 0 Å². The van der Waals surface area contributed by atoms with Crippen LogP contribution in [-0.2, 0) is 34.8 Å². The van der Waals surface area contributed by atoms with E-state index in [-0.39, 0.29) is 53.9 Å². The molecule has 5 atom stereocenters. The average Bonchev–Trinajstić information content (AvgIpc) is 3.28. The van der Waals surface area contributed by atoms with Crippen molar-refractivity contribution in [2.45, 2.75) is 97.0 Å². The van der Waals surface area contributed by atoms with Crippen LogP contribution < -0.4 is 10.1 Å². The summed E-state index contributed by atoms with van der Waals surface area (Å²) in [4.78, 5) is 37.4. The standard InChI is InChI=1S/C30H41BF3NO8/c1-17(2)26(37)40-16-41-27(38)20-10-7-9-18(25(20)39-6)13-23(35-24(36)11-8-12-30(32,33)34)31-42-22-15-19-14-21(28(19,3)4)29(22,5)43-31/h7,9-10,17,19,21-23H,8,11-16H2,1-6H3,(H,35,36). The van der Waals surface area contributed by atoms with Crippen LogP contribution in [0.1, 0.15) is 82.6 Å². The van der Waals surface area contributed by atoms with Crippen molar-refractivity contribution in [3.63, 3.8) is 0 Å².